The molecule has 0 aromatic rings. The molecular formula is C13H25NO. The van der Waals surface area contributed by atoms with Gasteiger partial charge in [0.15, 0.2) is 0 Å². The van der Waals surface area contributed by atoms with Crippen molar-refractivity contribution in [1.82, 2.24) is 5.32 Å². The molecule has 2 heteroatoms. The Bertz CT molecular complexity index is 181. The van der Waals surface area contributed by atoms with E-state index in [4.69, 9.17) is 4.74 Å². The second kappa shape index (κ2) is 5.31. The maximum Gasteiger partial charge on any atom is 0.0802 e. The Morgan fingerprint density at radius 1 is 1.13 bits per heavy atom. The molecule has 0 spiro atoms. The van der Waals surface area contributed by atoms with Gasteiger partial charge in [0.1, 0.15) is 0 Å². The SMILES string of the molecule is COC1(CNCC2CC2)CCCCCC1. The lowest BCUT2D eigenvalue weighted by molar-refractivity contribution is -0.0215. The molecule has 2 saturated carbocycles. The van der Waals surface area contributed by atoms with Crippen LogP contribution in [0.5, 0.6) is 0 Å². The lowest BCUT2D eigenvalue weighted by atomic mass is 9.94. The average Bonchev–Trinajstić information content (AvgIpc) is 3.05. The van der Waals surface area contributed by atoms with Crippen LogP contribution in [-0.2, 0) is 4.74 Å². The Balaban J connectivity index is 1.75. The molecule has 0 radical (unpaired) electrons. The highest BCUT2D eigenvalue weighted by Gasteiger charge is 2.31. The second-order valence-corrected chi connectivity index (χ2v) is 5.38. The third kappa shape index (κ3) is 3.46. The van der Waals surface area contributed by atoms with E-state index < -0.39 is 0 Å². The molecule has 0 bridgehead atoms. The van der Waals surface area contributed by atoms with Gasteiger partial charge >= 0.3 is 0 Å². The Labute approximate surface area is 93.8 Å². The van der Waals surface area contributed by atoms with Gasteiger partial charge in [-0.3, -0.25) is 0 Å². The molecule has 2 nitrogen and oxygen atoms in total. The summed E-state index contributed by atoms with van der Waals surface area (Å²) in [5.41, 5.74) is 0.158. The molecule has 0 amide bonds. The molecule has 15 heavy (non-hydrogen) atoms. The minimum Gasteiger partial charge on any atom is -0.377 e. The van der Waals surface area contributed by atoms with Crippen molar-refractivity contribution >= 4 is 0 Å². The summed E-state index contributed by atoms with van der Waals surface area (Å²) in [5, 5.41) is 3.61. The summed E-state index contributed by atoms with van der Waals surface area (Å²) in [5.74, 6) is 0.977. The van der Waals surface area contributed by atoms with Crippen molar-refractivity contribution in [2.45, 2.75) is 57.0 Å². The Kier molecular flexibility index (Phi) is 4.04. The van der Waals surface area contributed by atoms with E-state index in [9.17, 15) is 0 Å². The van der Waals surface area contributed by atoms with Gasteiger partial charge in [-0.15, -0.1) is 0 Å². The van der Waals surface area contributed by atoms with Crippen molar-refractivity contribution < 1.29 is 4.74 Å². The van der Waals surface area contributed by atoms with Gasteiger partial charge in [-0.2, -0.15) is 0 Å². The largest absolute Gasteiger partial charge is 0.377 e. The fraction of sp³-hybridized carbons (Fsp3) is 1.00. The molecule has 0 aliphatic heterocycles. The summed E-state index contributed by atoms with van der Waals surface area (Å²) >= 11 is 0. The predicted octanol–water partition coefficient (Wildman–Crippen LogP) is 2.73. The van der Waals surface area contributed by atoms with Gasteiger partial charge in [0, 0.05) is 13.7 Å². The number of nitrogens with one attached hydrogen (secondary N) is 1. The van der Waals surface area contributed by atoms with E-state index in [0.29, 0.717) is 0 Å². The van der Waals surface area contributed by atoms with E-state index in [-0.39, 0.29) is 5.60 Å². The van der Waals surface area contributed by atoms with Crippen molar-refractivity contribution in [2.24, 2.45) is 5.92 Å². The monoisotopic (exact) mass is 211 g/mol. The van der Waals surface area contributed by atoms with Gasteiger partial charge in [-0.25, -0.2) is 0 Å². The zero-order chi connectivity index (χ0) is 10.6. The van der Waals surface area contributed by atoms with Crippen molar-refractivity contribution in [1.29, 1.82) is 0 Å². The summed E-state index contributed by atoms with van der Waals surface area (Å²) < 4.78 is 5.80. The average molecular weight is 211 g/mol. The van der Waals surface area contributed by atoms with E-state index in [1.807, 2.05) is 7.11 Å². The van der Waals surface area contributed by atoms with Crippen LogP contribution in [-0.4, -0.2) is 25.8 Å². The number of hydrogen-bond donors (Lipinski definition) is 1. The first-order valence-electron chi connectivity index (χ1n) is 6.60. The molecule has 2 fully saturated rings. The van der Waals surface area contributed by atoms with Crippen LogP contribution in [0.1, 0.15) is 51.4 Å². The zero-order valence-electron chi connectivity index (χ0n) is 10.1. The normalized spacial score (nSPS) is 26.2. The number of hydrogen-bond acceptors (Lipinski definition) is 2. The molecule has 0 atom stereocenters. The molecule has 2 rings (SSSR count). The highest BCUT2D eigenvalue weighted by Crippen LogP contribution is 2.31. The Morgan fingerprint density at radius 3 is 2.33 bits per heavy atom. The number of methoxy groups -OCH3 is 1. The zero-order valence-corrected chi connectivity index (χ0v) is 10.1. The topological polar surface area (TPSA) is 21.3 Å². The molecule has 0 unspecified atom stereocenters. The summed E-state index contributed by atoms with van der Waals surface area (Å²) in [6.45, 7) is 2.28. The van der Waals surface area contributed by atoms with Gasteiger partial charge in [0.2, 0.25) is 0 Å². The highest BCUT2D eigenvalue weighted by molar-refractivity contribution is 4.86. The fourth-order valence-corrected chi connectivity index (χ4v) is 2.65. The maximum absolute atomic E-state index is 5.80. The van der Waals surface area contributed by atoms with E-state index in [0.717, 1.165) is 12.5 Å². The molecule has 0 aromatic heterocycles. The number of ether oxygens (including phenoxy) is 1. The van der Waals surface area contributed by atoms with E-state index in [1.165, 1.54) is 57.9 Å². The molecule has 2 aliphatic rings. The lowest BCUT2D eigenvalue weighted by Gasteiger charge is -2.31. The van der Waals surface area contributed by atoms with Crippen molar-refractivity contribution in [2.75, 3.05) is 20.2 Å². The first-order chi connectivity index (χ1) is 7.35. The van der Waals surface area contributed by atoms with E-state index in [1.54, 1.807) is 0 Å². The van der Waals surface area contributed by atoms with Crippen molar-refractivity contribution in [3.05, 3.63) is 0 Å². The quantitative estimate of drug-likeness (QED) is 0.706. The minimum atomic E-state index is 0.158. The third-order valence-electron chi connectivity index (χ3n) is 4.02. The van der Waals surface area contributed by atoms with E-state index >= 15 is 0 Å². The van der Waals surface area contributed by atoms with Crippen LogP contribution in [0, 0.1) is 5.92 Å². The van der Waals surface area contributed by atoms with Gasteiger partial charge in [-0.1, -0.05) is 25.7 Å². The van der Waals surface area contributed by atoms with Crippen LogP contribution >= 0.6 is 0 Å². The fourth-order valence-electron chi connectivity index (χ4n) is 2.65. The minimum absolute atomic E-state index is 0.158. The summed E-state index contributed by atoms with van der Waals surface area (Å²) in [6, 6.07) is 0. The van der Waals surface area contributed by atoms with Crippen LogP contribution in [0.4, 0.5) is 0 Å². The van der Waals surface area contributed by atoms with Crippen molar-refractivity contribution in [3.8, 4) is 0 Å². The first-order valence-corrected chi connectivity index (χ1v) is 6.60. The Morgan fingerprint density at radius 2 is 1.80 bits per heavy atom. The van der Waals surface area contributed by atoms with E-state index in [2.05, 4.69) is 5.32 Å². The Hall–Kier alpha value is -0.0800. The first kappa shape index (κ1) is 11.4. The molecule has 2 aliphatic carbocycles. The molecule has 88 valence electrons. The molecular weight excluding hydrogens is 186 g/mol. The van der Waals surface area contributed by atoms with Gasteiger partial charge in [0.25, 0.3) is 0 Å². The van der Waals surface area contributed by atoms with Gasteiger partial charge in [0.05, 0.1) is 5.60 Å². The maximum atomic E-state index is 5.80. The summed E-state index contributed by atoms with van der Waals surface area (Å²) in [7, 11) is 1.89. The van der Waals surface area contributed by atoms with Crippen LogP contribution < -0.4 is 5.32 Å². The second-order valence-electron chi connectivity index (χ2n) is 5.38. The molecule has 0 heterocycles. The van der Waals surface area contributed by atoms with Crippen LogP contribution in [0.15, 0.2) is 0 Å². The van der Waals surface area contributed by atoms with Crippen molar-refractivity contribution in [3.63, 3.8) is 0 Å². The standard InChI is InChI=1S/C13H25NO/c1-15-13(8-4-2-3-5-9-13)11-14-10-12-6-7-12/h12,14H,2-11H2,1H3. The number of rotatable bonds is 5. The van der Waals surface area contributed by atoms with Crippen LogP contribution in [0.3, 0.4) is 0 Å². The van der Waals surface area contributed by atoms with Crippen LogP contribution in [0.2, 0.25) is 0 Å². The predicted molar refractivity (Wildman–Crippen MR) is 63.0 cm³/mol. The highest BCUT2D eigenvalue weighted by atomic mass is 16.5. The third-order valence-corrected chi connectivity index (χ3v) is 4.02. The smallest absolute Gasteiger partial charge is 0.0802 e. The van der Waals surface area contributed by atoms with Gasteiger partial charge < -0.3 is 10.1 Å². The molecule has 1 N–H and O–H groups in total. The summed E-state index contributed by atoms with van der Waals surface area (Å²) in [6.07, 6.45) is 10.9. The van der Waals surface area contributed by atoms with Crippen LogP contribution in [0.25, 0.3) is 0 Å². The lowest BCUT2D eigenvalue weighted by Crippen LogP contribution is -2.42. The molecule has 0 aromatic carbocycles. The summed E-state index contributed by atoms with van der Waals surface area (Å²) in [4.78, 5) is 0. The van der Waals surface area contributed by atoms with Gasteiger partial charge in [-0.05, 0) is 38.1 Å². The molecule has 0 saturated heterocycles.